The number of benzene rings is 2. The molecule has 1 aliphatic carbocycles. The maximum atomic E-state index is 4.01. The van der Waals surface area contributed by atoms with Crippen LogP contribution in [0.4, 0.5) is 0 Å². The molecule has 1 N–H and O–H groups in total. The van der Waals surface area contributed by atoms with Gasteiger partial charge < -0.3 is 0 Å². The van der Waals surface area contributed by atoms with Crippen molar-refractivity contribution in [3.8, 4) is 11.1 Å². The molecule has 0 atom stereocenters. The predicted octanol–water partition coefficient (Wildman–Crippen LogP) is 6.00. The van der Waals surface area contributed by atoms with Gasteiger partial charge in [0.25, 0.3) is 0 Å². The van der Waals surface area contributed by atoms with E-state index in [0.717, 1.165) is 11.1 Å². The van der Waals surface area contributed by atoms with E-state index >= 15 is 0 Å². The van der Waals surface area contributed by atoms with Crippen LogP contribution in [0.25, 0.3) is 11.1 Å². The SMILES string of the molecule is C=C(C)C(=C)C.CC(C)(C)[NH][Ti]([CH3])([CH3])[CH]1c2ccccc2-c2ccccc21.[SiH4]. The van der Waals surface area contributed by atoms with Crippen molar-refractivity contribution in [2.24, 2.45) is 0 Å². The van der Waals surface area contributed by atoms with Crippen molar-refractivity contribution < 1.29 is 16.8 Å². The Morgan fingerprint density at radius 1 is 0.821 bits per heavy atom. The summed E-state index contributed by atoms with van der Waals surface area (Å²) in [5.74, 6) is 0. The fraction of sp³-hybridized carbons (Fsp3) is 0.360. The van der Waals surface area contributed by atoms with Gasteiger partial charge in [0.15, 0.2) is 0 Å². The third-order valence-corrected chi connectivity index (χ3v) is 10.4. The molecule has 1 aliphatic rings. The smallest absolute Gasteiger partial charge is 0.0149 e. The fourth-order valence-electron chi connectivity index (χ4n) is 3.97. The zero-order valence-electron chi connectivity index (χ0n) is 18.1. The van der Waals surface area contributed by atoms with Crippen LogP contribution in [-0.2, 0) is 16.8 Å². The first-order chi connectivity index (χ1) is 12.4. The average Bonchev–Trinajstić information content (AvgIpc) is 2.88. The molecule has 3 heteroatoms. The first kappa shape index (κ1) is 24.8. The number of nitrogens with one attached hydrogen (secondary N) is 1. The van der Waals surface area contributed by atoms with Crippen LogP contribution in [0.2, 0.25) is 10.5 Å². The molecule has 0 heterocycles. The zero-order valence-corrected chi connectivity index (χ0v) is 19.7. The van der Waals surface area contributed by atoms with Crippen LogP contribution in [0, 0.1) is 0 Å². The van der Waals surface area contributed by atoms with Crippen LogP contribution in [0.15, 0.2) is 72.8 Å². The van der Waals surface area contributed by atoms with Crippen molar-refractivity contribution in [1.82, 2.24) is 3.80 Å². The van der Waals surface area contributed by atoms with Gasteiger partial charge >= 0.3 is 132 Å². The monoisotopic (exact) mass is 429 g/mol. The molecule has 0 aliphatic heterocycles. The van der Waals surface area contributed by atoms with Crippen molar-refractivity contribution in [1.29, 1.82) is 0 Å². The van der Waals surface area contributed by atoms with E-state index in [1.165, 1.54) is 22.3 Å². The van der Waals surface area contributed by atoms with Gasteiger partial charge in [-0.3, -0.25) is 0 Å². The van der Waals surface area contributed by atoms with Gasteiger partial charge in [0.05, 0.1) is 0 Å². The van der Waals surface area contributed by atoms with Gasteiger partial charge in [0.2, 0.25) is 0 Å². The molecule has 0 fully saturated rings. The van der Waals surface area contributed by atoms with Crippen LogP contribution in [0.5, 0.6) is 0 Å². The molecule has 0 spiro atoms. The molecular weight excluding hydrogens is 390 g/mol. The molecule has 0 radical (unpaired) electrons. The maximum Gasteiger partial charge on any atom is -0.0149 e. The van der Waals surface area contributed by atoms with Crippen molar-refractivity contribution in [3.05, 3.63) is 84.0 Å². The Bertz CT molecular complexity index is 788. The normalized spacial score (nSPS) is 12.8. The first-order valence-corrected chi connectivity index (χ1v) is 14.5. The summed E-state index contributed by atoms with van der Waals surface area (Å²) < 4.78 is 4.59. The molecule has 2 aromatic rings. The molecule has 152 valence electrons. The second kappa shape index (κ2) is 9.54. The van der Waals surface area contributed by atoms with Gasteiger partial charge in [-0.05, 0) is 24.8 Å². The standard InChI is InChI=1S/C13H9.C6H10.C4H10N.2CH3.H4Si.Ti/c1-3-7-12-10(5-1)9-11-6-2-4-8-13(11)12;1-5(2)6(3)4;1-4(2,3)5;;;;/h1-9H;1,3H2,2,4H3;5H,1-3H3;2*1H3;1H4;/q;;-1;;;;+1. The van der Waals surface area contributed by atoms with Gasteiger partial charge in [0.1, 0.15) is 0 Å². The Kier molecular flexibility index (Phi) is 8.47. The third kappa shape index (κ3) is 5.90. The molecule has 2 aromatic carbocycles. The predicted molar refractivity (Wildman–Crippen MR) is 129 cm³/mol. The van der Waals surface area contributed by atoms with Crippen LogP contribution in [0.1, 0.15) is 50.0 Å². The Balaban J connectivity index is 0.000000492. The number of allylic oxidation sites excluding steroid dienone is 2. The largest absolute Gasteiger partial charge is 0.0149 e. The second-order valence-electron chi connectivity index (χ2n) is 9.26. The molecule has 1 nitrogen and oxygen atoms in total. The van der Waals surface area contributed by atoms with E-state index in [9.17, 15) is 0 Å². The number of hydrogen-bond acceptors (Lipinski definition) is 1. The quantitative estimate of drug-likeness (QED) is 0.466. The molecule has 28 heavy (non-hydrogen) atoms. The van der Waals surface area contributed by atoms with Crippen LogP contribution >= 0.6 is 0 Å². The molecule has 0 aromatic heterocycles. The van der Waals surface area contributed by atoms with E-state index in [0.29, 0.717) is 4.22 Å². The van der Waals surface area contributed by atoms with Gasteiger partial charge in [-0.2, -0.15) is 0 Å². The van der Waals surface area contributed by atoms with E-state index in [1.54, 1.807) is 0 Å². The van der Waals surface area contributed by atoms with Crippen LogP contribution < -0.4 is 3.80 Å². The van der Waals surface area contributed by atoms with Gasteiger partial charge in [-0.25, -0.2) is 0 Å². The van der Waals surface area contributed by atoms with Gasteiger partial charge in [-0.15, -0.1) is 0 Å². The minimum atomic E-state index is -2.24. The Morgan fingerprint density at radius 3 is 1.50 bits per heavy atom. The average molecular weight is 430 g/mol. The molecule has 0 saturated carbocycles. The molecule has 0 unspecified atom stereocenters. The molecule has 0 amide bonds. The molecular formula is C25H39NSiTi. The Hall–Kier alpha value is -1.19. The summed E-state index contributed by atoms with van der Waals surface area (Å²) in [5.41, 5.74) is 8.24. The molecule has 0 bridgehead atoms. The van der Waals surface area contributed by atoms with Crippen LogP contribution in [0.3, 0.4) is 0 Å². The minimum absolute atomic E-state index is 0. The van der Waals surface area contributed by atoms with E-state index in [1.807, 2.05) is 13.8 Å². The molecule has 3 rings (SSSR count). The van der Waals surface area contributed by atoms with Crippen molar-refractivity contribution in [3.63, 3.8) is 0 Å². The van der Waals surface area contributed by atoms with Crippen molar-refractivity contribution in [2.45, 2.75) is 54.8 Å². The van der Waals surface area contributed by atoms with E-state index in [4.69, 9.17) is 0 Å². The van der Waals surface area contributed by atoms with E-state index in [-0.39, 0.29) is 16.5 Å². The number of rotatable bonds is 3. The summed E-state index contributed by atoms with van der Waals surface area (Å²) in [6.07, 6.45) is 0. The zero-order chi connectivity index (χ0) is 20.4. The van der Waals surface area contributed by atoms with Crippen molar-refractivity contribution >= 4 is 11.0 Å². The van der Waals surface area contributed by atoms with E-state index < -0.39 is 16.8 Å². The van der Waals surface area contributed by atoms with Gasteiger partial charge in [-0.1, -0.05) is 24.3 Å². The maximum absolute atomic E-state index is 4.01. The Morgan fingerprint density at radius 2 is 1.18 bits per heavy atom. The summed E-state index contributed by atoms with van der Waals surface area (Å²) >= 11 is -2.24. The summed E-state index contributed by atoms with van der Waals surface area (Å²) in [5, 5.41) is 5.02. The second-order valence-corrected chi connectivity index (χ2v) is 15.9. The first-order valence-electron chi connectivity index (χ1n) is 9.73. The minimum Gasteiger partial charge on any atom is -0.0149 e. The Labute approximate surface area is 181 Å². The number of hydrogen-bond donors (Lipinski definition) is 1. The summed E-state index contributed by atoms with van der Waals surface area (Å²) in [4.78, 5) is 0. The molecule has 0 saturated heterocycles. The number of fused-ring (bicyclic) bond motifs is 3. The summed E-state index contributed by atoms with van der Waals surface area (Å²) in [6, 6.07) is 17.9. The fourth-order valence-corrected chi connectivity index (χ4v) is 10.4. The summed E-state index contributed by atoms with van der Waals surface area (Å²) in [7, 11) is 0. The third-order valence-electron chi connectivity index (χ3n) is 4.98. The van der Waals surface area contributed by atoms with Crippen LogP contribution in [-0.4, -0.2) is 16.5 Å². The van der Waals surface area contributed by atoms with Crippen molar-refractivity contribution in [2.75, 3.05) is 0 Å². The van der Waals surface area contributed by atoms with Gasteiger partial charge in [0, 0.05) is 0 Å². The topological polar surface area (TPSA) is 12.0 Å². The summed E-state index contributed by atoms with van der Waals surface area (Å²) in [6.45, 7) is 18.1. The van der Waals surface area contributed by atoms with E-state index in [2.05, 4.69) is 96.7 Å².